The van der Waals surface area contributed by atoms with Crippen LogP contribution in [0.25, 0.3) is 16.6 Å². The highest BCUT2D eigenvalue weighted by molar-refractivity contribution is 5.79. The Bertz CT molecular complexity index is 827. The Morgan fingerprint density at radius 2 is 2.00 bits per heavy atom. The van der Waals surface area contributed by atoms with E-state index in [1.54, 1.807) is 16.9 Å². The van der Waals surface area contributed by atoms with Crippen LogP contribution in [-0.4, -0.2) is 19.2 Å². The van der Waals surface area contributed by atoms with Gasteiger partial charge in [-0.25, -0.2) is 9.50 Å². The summed E-state index contributed by atoms with van der Waals surface area (Å²) >= 11 is 0. The van der Waals surface area contributed by atoms with Gasteiger partial charge in [0.1, 0.15) is 0 Å². The van der Waals surface area contributed by atoms with Gasteiger partial charge in [0.2, 0.25) is 0 Å². The number of fused-ring (bicyclic) bond motifs is 3. The molecule has 0 aliphatic heterocycles. The zero-order valence-electron chi connectivity index (χ0n) is 11.2. The first kappa shape index (κ1) is 11.6. The minimum absolute atomic E-state index is 0.0549. The van der Waals surface area contributed by atoms with Gasteiger partial charge in [0.05, 0.1) is 17.1 Å². The molecule has 3 heterocycles. The van der Waals surface area contributed by atoms with Gasteiger partial charge in [-0.05, 0) is 18.9 Å². The number of hydrogen-bond acceptors (Lipinski definition) is 3. The molecular weight excluding hydrogens is 252 g/mol. The molecule has 1 aliphatic rings. The largest absolute Gasteiger partial charge is 0.312 e. The first-order chi connectivity index (χ1) is 9.84. The van der Waals surface area contributed by atoms with Gasteiger partial charge in [0.15, 0.2) is 5.65 Å². The second-order valence-electron chi connectivity index (χ2n) is 5.48. The molecule has 0 radical (unpaired) electrons. The van der Waals surface area contributed by atoms with Crippen molar-refractivity contribution in [2.75, 3.05) is 0 Å². The third-order valence-electron chi connectivity index (χ3n) is 4.28. The summed E-state index contributed by atoms with van der Waals surface area (Å²) in [6.07, 6.45) is 11.2. The lowest BCUT2D eigenvalue weighted by molar-refractivity contribution is 0.347. The highest BCUT2D eigenvalue weighted by atomic mass is 16.1. The molecule has 20 heavy (non-hydrogen) atoms. The molecule has 4 rings (SSSR count). The van der Waals surface area contributed by atoms with Crippen LogP contribution < -0.4 is 5.56 Å². The van der Waals surface area contributed by atoms with E-state index in [1.165, 1.54) is 19.3 Å². The summed E-state index contributed by atoms with van der Waals surface area (Å²) in [5.41, 5.74) is 1.66. The SMILES string of the molecule is O=c1c2cnc3ccnn3c2ccn1C1CCCCC1. The molecule has 0 bridgehead atoms. The summed E-state index contributed by atoms with van der Waals surface area (Å²) in [6.45, 7) is 0. The van der Waals surface area contributed by atoms with Crippen molar-refractivity contribution >= 4 is 16.6 Å². The number of aromatic nitrogens is 4. The Hall–Kier alpha value is -2.17. The second kappa shape index (κ2) is 4.44. The van der Waals surface area contributed by atoms with Gasteiger partial charge in [-0.2, -0.15) is 5.10 Å². The lowest BCUT2D eigenvalue weighted by Gasteiger charge is -2.24. The Morgan fingerprint density at radius 3 is 2.85 bits per heavy atom. The third-order valence-corrected chi connectivity index (χ3v) is 4.28. The standard InChI is InChI=1S/C15H16N4O/c20-15-12-10-16-14-6-8-17-19(14)13(12)7-9-18(15)11-4-2-1-3-5-11/h6-11H,1-5H2. The summed E-state index contributed by atoms with van der Waals surface area (Å²) in [4.78, 5) is 17.0. The van der Waals surface area contributed by atoms with Crippen molar-refractivity contribution in [3.05, 3.63) is 41.1 Å². The van der Waals surface area contributed by atoms with Crippen molar-refractivity contribution in [2.24, 2.45) is 0 Å². The number of hydrogen-bond donors (Lipinski definition) is 0. The summed E-state index contributed by atoms with van der Waals surface area (Å²) in [5.74, 6) is 0. The lowest BCUT2D eigenvalue weighted by Crippen LogP contribution is -2.26. The Labute approximate surface area is 115 Å². The van der Waals surface area contributed by atoms with Gasteiger partial charge in [0.25, 0.3) is 5.56 Å². The van der Waals surface area contributed by atoms with E-state index in [0.717, 1.165) is 24.0 Å². The van der Waals surface area contributed by atoms with Crippen LogP contribution in [0, 0.1) is 0 Å². The molecule has 3 aromatic heterocycles. The number of rotatable bonds is 1. The maximum Gasteiger partial charge on any atom is 0.261 e. The van der Waals surface area contributed by atoms with Crippen molar-refractivity contribution in [3.8, 4) is 0 Å². The molecule has 102 valence electrons. The average Bonchev–Trinajstić information content (AvgIpc) is 2.97. The molecular formula is C15H16N4O. The topological polar surface area (TPSA) is 52.2 Å². The summed E-state index contributed by atoms with van der Waals surface area (Å²) in [6, 6.07) is 4.16. The first-order valence-corrected chi connectivity index (χ1v) is 7.18. The molecule has 0 saturated heterocycles. The molecule has 1 aliphatic carbocycles. The van der Waals surface area contributed by atoms with Gasteiger partial charge >= 0.3 is 0 Å². The van der Waals surface area contributed by atoms with E-state index in [0.29, 0.717) is 11.4 Å². The summed E-state index contributed by atoms with van der Waals surface area (Å²) in [5, 5.41) is 4.88. The predicted octanol–water partition coefficient (Wildman–Crippen LogP) is 2.55. The van der Waals surface area contributed by atoms with E-state index in [1.807, 2.05) is 22.9 Å². The number of pyridine rings is 1. The minimum Gasteiger partial charge on any atom is -0.312 e. The quantitative estimate of drug-likeness (QED) is 0.681. The minimum atomic E-state index is 0.0549. The van der Waals surface area contributed by atoms with Crippen molar-refractivity contribution in [3.63, 3.8) is 0 Å². The third kappa shape index (κ3) is 1.66. The molecule has 5 nitrogen and oxygen atoms in total. The van der Waals surface area contributed by atoms with E-state index in [-0.39, 0.29) is 5.56 Å². The lowest BCUT2D eigenvalue weighted by atomic mass is 9.95. The maximum absolute atomic E-state index is 12.7. The van der Waals surface area contributed by atoms with Crippen molar-refractivity contribution in [2.45, 2.75) is 38.1 Å². The molecule has 0 aromatic carbocycles. The molecule has 0 amide bonds. The first-order valence-electron chi connectivity index (χ1n) is 7.18. The van der Waals surface area contributed by atoms with Crippen LogP contribution in [0.2, 0.25) is 0 Å². The predicted molar refractivity (Wildman–Crippen MR) is 76.9 cm³/mol. The zero-order chi connectivity index (χ0) is 13.5. The van der Waals surface area contributed by atoms with Crippen LogP contribution in [0.1, 0.15) is 38.1 Å². The Balaban J connectivity index is 1.94. The molecule has 3 aromatic rings. The van der Waals surface area contributed by atoms with Gasteiger partial charge < -0.3 is 4.57 Å². The fourth-order valence-corrected chi connectivity index (χ4v) is 3.22. The van der Waals surface area contributed by atoms with Crippen LogP contribution in [0.3, 0.4) is 0 Å². The molecule has 0 spiro atoms. The smallest absolute Gasteiger partial charge is 0.261 e. The average molecular weight is 268 g/mol. The van der Waals surface area contributed by atoms with Gasteiger partial charge in [-0.1, -0.05) is 19.3 Å². The van der Waals surface area contributed by atoms with Crippen LogP contribution in [0.4, 0.5) is 0 Å². The van der Waals surface area contributed by atoms with Crippen molar-refractivity contribution in [1.82, 2.24) is 19.2 Å². The molecule has 5 heteroatoms. The fraction of sp³-hybridized carbons (Fsp3) is 0.400. The molecule has 0 N–H and O–H groups in total. The van der Waals surface area contributed by atoms with Gasteiger partial charge in [-0.3, -0.25) is 4.79 Å². The normalized spacial score (nSPS) is 17.0. The monoisotopic (exact) mass is 268 g/mol. The molecule has 0 atom stereocenters. The Kier molecular flexibility index (Phi) is 2.58. The van der Waals surface area contributed by atoms with E-state index >= 15 is 0 Å². The van der Waals surface area contributed by atoms with Gasteiger partial charge in [0, 0.05) is 24.5 Å². The number of nitrogens with zero attached hydrogens (tertiary/aromatic N) is 4. The van der Waals surface area contributed by atoms with Crippen LogP contribution in [0.5, 0.6) is 0 Å². The van der Waals surface area contributed by atoms with Crippen LogP contribution in [-0.2, 0) is 0 Å². The van der Waals surface area contributed by atoms with Crippen molar-refractivity contribution in [1.29, 1.82) is 0 Å². The highest BCUT2D eigenvalue weighted by Gasteiger charge is 2.17. The van der Waals surface area contributed by atoms with Crippen LogP contribution in [0.15, 0.2) is 35.5 Å². The maximum atomic E-state index is 12.7. The Morgan fingerprint density at radius 1 is 1.15 bits per heavy atom. The fourth-order valence-electron chi connectivity index (χ4n) is 3.22. The highest BCUT2D eigenvalue weighted by Crippen LogP contribution is 2.27. The van der Waals surface area contributed by atoms with E-state index in [9.17, 15) is 4.79 Å². The van der Waals surface area contributed by atoms with E-state index < -0.39 is 0 Å². The summed E-state index contributed by atoms with van der Waals surface area (Å²) in [7, 11) is 0. The van der Waals surface area contributed by atoms with Crippen LogP contribution >= 0.6 is 0 Å². The van der Waals surface area contributed by atoms with Gasteiger partial charge in [-0.15, -0.1) is 0 Å². The molecule has 1 fully saturated rings. The van der Waals surface area contributed by atoms with E-state index in [4.69, 9.17) is 0 Å². The zero-order valence-corrected chi connectivity index (χ0v) is 11.2. The second-order valence-corrected chi connectivity index (χ2v) is 5.48. The van der Waals surface area contributed by atoms with E-state index in [2.05, 4.69) is 10.1 Å². The summed E-state index contributed by atoms with van der Waals surface area (Å²) < 4.78 is 3.61. The molecule has 1 saturated carbocycles. The molecule has 0 unspecified atom stereocenters. The van der Waals surface area contributed by atoms with Crippen molar-refractivity contribution < 1.29 is 0 Å².